The molecule has 0 fully saturated rings. The Bertz CT molecular complexity index is 396. The Morgan fingerprint density at radius 2 is 2.06 bits per heavy atom. The maximum atomic E-state index is 11.6. The van der Waals surface area contributed by atoms with Crippen molar-refractivity contribution in [1.82, 2.24) is 0 Å². The molecule has 0 saturated heterocycles. The highest BCUT2D eigenvalue weighted by Crippen LogP contribution is 2.22. The summed E-state index contributed by atoms with van der Waals surface area (Å²) in [6, 6.07) is 3.80. The van der Waals surface area contributed by atoms with Crippen molar-refractivity contribution in [3.8, 4) is 0 Å². The molecule has 3 nitrogen and oxygen atoms in total. The number of methoxy groups -OCH3 is 1. The van der Waals surface area contributed by atoms with Crippen LogP contribution in [-0.2, 0) is 4.74 Å². The Balaban J connectivity index is 3.27. The van der Waals surface area contributed by atoms with Crippen LogP contribution in [0.3, 0.4) is 0 Å². The molecule has 0 amide bonds. The number of hydrogen-bond donors (Lipinski definition) is 1. The van der Waals surface area contributed by atoms with Crippen molar-refractivity contribution in [3.63, 3.8) is 0 Å². The molecule has 88 valence electrons. The maximum absolute atomic E-state index is 11.6. The SMILES string of the molecule is COC(=O)c1cc(C(C)CO)cc(C)c1C. The number of aliphatic hydroxyl groups excluding tert-OH is 1. The monoisotopic (exact) mass is 222 g/mol. The fourth-order valence-electron chi connectivity index (χ4n) is 1.60. The number of rotatable bonds is 3. The highest BCUT2D eigenvalue weighted by Gasteiger charge is 2.14. The van der Waals surface area contributed by atoms with E-state index >= 15 is 0 Å². The van der Waals surface area contributed by atoms with Gasteiger partial charge in [-0.3, -0.25) is 0 Å². The van der Waals surface area contributed by atoms with Crippen LogP contribution >= 0.6 is 0 Å². The van der Waals surface area contributed by atoms with Crippen molar-refractivity contribution in [2.24, 2.45) is 0 Å². The summed E-state index contributed by atoms with van der Waals surface area (Å²) in [6.07, 6.45) is 0. The lowest BCUT2D eigenvalue weighted by molar-refractivity contribution is 0.0599. The lowest BCUT2D eigenvalue weighted by Gasteiger charge is -2.14. The van der Waals surface area contributed by atoms with Gasteiger partial charge < -0.3 is 9.84 Å². The molecule has 0 saturated carbocycles. The van der Waals surface area contributed by atoms with Crippen molar-refractivity contribution < 1.29 is 14.6 Å². The molecular weight excluding hydrogens is 204 g/mol. The second-order valence-electron chi connectivity index (χ2n) is 4.09. The van der Waals surface area contributed by atoms with E-state index in [0.717, 1.165) is 16.7 Å². The average molecular weight is 222 g/mol. The fraction of sp³-hybridized carbons (Fsp3) is 0.462. The summed E-state index contributed by atoms with van der Waals surface area (Å²) in [4.78, 5) is 11.6. The Labute approximate surface area is 96.1 Å². The number of carbonyl (C=O) groups excluding carboxylic acids is 1. The number of benzene rings is 1. The molecule has 0 aliphatic heterocycles. The van der Waals surface area contributed by atoms with Gasteiger partial charge in [0.15, 0.2) is 0 Å². The molecule has 3 heteroatoms. The zero-order valence-corrected chi connectivity index (χ0v) is 10.2. The molecule has 16 heavy (non-hydrogen) atoms. The summed E-state index contributed by atoms with van der Waals surface area (Å²) in [5, 5.41) is 9.12. The zero-order valence-electron chi connectivity index (χ0n) is 10.2. The van der Waals surface area contributed by atoms with Crippen LogP contribution in [0.4, 0.5) is 0 Å². The van der Waals surface area contributed by atoms with Gasteiger partial charge in [0.25, 0.3) is 0 Å². The van der Waals surface area contributed by atoms with E-state index in [1.807, 2.05) is 26.8 Å². The lowest BCUT2D eigenvalue weighted by atomic mass is 9.93. The number of carbonyl (C=O) groups is 1. The molecule has 0 aliphatic carbocycles. The predicted octanol–water partition coefficient (Wildman–Crippen LogP) is 2.19. The smallest absolute Gasteiger partial charge is 0.338 e. The van der Waals surface area contributed by atoms with E-state index in [-0.39, 0.29) is 18.5 Å². The maximum Gasteiger partial charge on any atom is 0.338 e. The zero-order chi connectivity index (χ0) is 12.3. The van der Waals surface area contributed by atoms with Crippen LogP contribution in [-0.4, -0.2) is 24.8 Å². The summed E-state index contributed by atoms with van der Waals surface area (Å²) < 4.78 is 4.74. The van der Waals surface area contributed by atoms with Crippen LogP contribution in [0.15, 0.2) is 12.1 Å². The first-order chi connectivity index (χ1) is 7.51. The van der Waals surface area contributed by atoms with Crippen molar-refractivity contribution in [1.29, 1.82) is 0 Å². The van der Waals surface area contributed by atoms with Crippen molar-refractivity contribution in [3.05, 3.63) is 34.4 Å². The quantitative estimate of drug-likeness (QED) is 0.797. The van der Waals surface area contributed by atoms with Gasteiger partial charge >= 0.3 is 5.97 Å². The first-order valence-electron chi connectivity index (χ1n) is 5.31. The van der Waals surface area contributed by atoms with Crippen LogP contribution in [0.1, 0.15) is 39.9 Å². The molecule has 0 heterocycles. The normalized spacial score (nSPS) is 12.3. The highest BCUT2D eigenvalue weighted by atomic mass is 16.5. The lowest BCUT2D eigenvalue weighted by Crippen LogP contribution is -2.08. The van der Waals surface area contributed by atoms with Crippen LogP contribution in [0.5, 0.6) is 0 Å². The predicted molar refractivity (Wildman–Crippen MR) is 62.8 cm³/mol. The van der Waals surface area contributed by atoms with E-state index in [9.17, 15) is 4.79 Å². The summed E-state index contributed by atoms with van der Waals surface area (Å²) >= 11 is 0. The third-order valence-electron chi connectivity index (χ3n) is 2.94. The van der Waals surface area contributed by atoms with Crippen molar-refractivity contribution in [2.75, 3.05) is 13.7 Å². The van der Waals surface area contributed by atoms with Gasteiger partial charge in [0, 0.05) is 12.5 Å². The third-order valence-corrected chi connectivity index (χ3v) is 2.94. The van der Waals surface area contributed by atoms with Crippen LogP contribution in [0, 0.1) is 13.8 Å². The summed E-state index contributed by atoms with van der Waals surface area (Å²) in [6.45, 7) is 5.85. The molecule has 0 aliphatic rings. The van der Waals surface area contributed by atoms with Crippen LogP contribution in [0.25, 0.3) is 0 Å². The fourth-order valence-corrected chi connectivity index (χ4v) is 1.60. The average Bonchev–Trinajstić information content (AvgIpc) is 2.30. The molecule has 0 radical (unpaired) electrons. The molecular formula is C13H18O3. The molecule has 1 N–H and O–H groups in total. The first kappa shape index (κ1) is 12.7. The van der Waals surface area contributed by atoms with Crippen molar-refractivity contribution in [2.45, 2.75) is 26.7 Å². The number of esters is 1. The molecule has 1 unspecified atom stereocenters. The molecule has 1 aromatic carbocycles. The molecule has 0 bridgehead atoms. The van der Waals surface area contributed by atoms with Gasteiger partial charge in [0.05, 0.1) is 12.7 Å². The molecule has 1 atom stereocenters. The summed E-state index contributed by atoms with van der Waals surface area (Å²) in [5.74, 6) is -0.296. The van der Waals surface area contributed by atoms with E-state index in [4.69, 9.17) is 9.84 Å². The summed E-state index contributed by atoms with van der Waals surface area (Å²) in [5.41, 5.74) is 3.52. The van der Waals surface area contributed by atoms with E-state index in [1.165, 1.54) is 7.11 Å². The second kappa shape index (κ2) is 5.12. The minimum absolute atomic E-state index is 0.0303. The van der Waals surface area contributed by atoms with Gasteiger partial charge in [0.2, 0.25) is 0 Å². The number of aliphatic hydroxyl groups is 1. The molecule has 0 aromatic heterocycles. The molecule has 1 aromatic rings. The van der Waals surface area contributed by atoms with Gasteiger partial charge in [-0.2, -0.15) is 0 Å². The van der Waals surface area contributed by atoms with E-state index in [2.05, 4.69) is 0 Å². The van der Waals surface area contributed by atoms with Gasteiger partial charge in [-0.1, -0.05) is 13.0 Å². The number of hydrogen-bond acceptors (Lipinski definition) is 3. The van der Waals surface area contributed by atoms with Crippen LogP contribution < -0.4 is 0 Å². The van der Waals surface area contributed by atoms with Gasteiger partial charge in [-0.15, -0.1) is 0 Å². The third kappa shape index (κ3) is 2.42. The topological polar surface area (TPSA) is 46.5 Å². The van der Waals surface area contributed by atoms with Gasteiger partial charge in [0.1, 0.15) is 0 Å². The molecule has 0 spiro atoms. The second-order valence-corrected chi connectivity index (χ2v) is 4.09. The standard InChI is InChI=1S/C13H18O3/c1-8-5-11(9(2)7-14)6-12(10(8)3)13(15)16-4/h5-6,9,14H,7H2,1-4H3. The summed E-state index contributed by atoms with van der Waals surface area (Å²) in [7, 11) is 1.37. The number of ether oxygens (including phenoxy) is 1. The van der Waals surface area contributed by atoms with Crippen LogP contribution in [0.2, 0.25) is 0 Å². The van der Waals surface area contributed by atoms with Crippen molar-refractivity contribution >= 4 is 5.97 Å². The number of aryl methyl sites for hydroxylation is 1. The minimum atomic E-state index is -0.326. The minimum Gasteiger partial charge on any atom is -0.465 e. The van der Waals surface area contributed by atoms with Gasteiger partial charge in [-0.05, 0) is 36.6 Å². The highest BCUT2D eigenvalue weighted by molar-refractivity contribution is 5.91. The van der Waals surface area contributed by atoms with E-state index in [1.54, 1.807) is 6.07 Å². The Morgan fingerprint density at radius 3 is 2.56 bits per heavy atom. The molecule has 1 rings (SSSR count). The van der Waals surface area contributed by atoms with Gasteiger partial charge in [-0.25, -0.2) is 4.79 Å². The Kier molecular flexibility index (Phi) is 4.07. The largest absolute Gasteiger partial charge is 0.465 e. The first-order valence-corrected chi connectivity index (χ1v) is 5.31. The van der Waals surface area contributed by atoms with E-state index in [0.29, 0.717) is 5.56 Å². The van der Waals surface area contributed by atoms with E-state index < -0.39 is 0 Å². The Hall–Kier alpha value is -1.35. The Morgan fingerprint density at radius 1 is 1.44 bits per heavy atom.